The second-order valence-corrected chi connectivity index (χ2v) is 46.1. The summed E-state index contributed by atoms with van der Waals surface area (Å²) in [7, 11) is 1.13. The van der Waals surface area contributed by atoms with Crippen LogP contribution in [0, 0.1) is 20.8 Å². The van der Waals surface area contributed by atoms with E-state index in [1.54, 1.807) is 11.5 Å². The van der Waals surface area contributed by atoms with Crippen LogP contribution in [0.4, 0.5) is 23.4 Å². The van der Waals surface area contributed by atoms with Gasteiger partial charge in [0.05, 0.1) is 88.6 Å². The van der Waals surface area contributed by atoms with Crippen molar-refractivity contribution >= 4 is 169 Å². The molecule has 686 valence electrons. The lowest BCUT2D eigenvalue weighted by atomic mass is 10.1. The predicted octanol–water partition coefficient (Wildman–Crippen LogP) is 0.444. The average Bonchev–Trinajstić information content (AvgIpc) is 1.61. The van der Waals surface area contributed by atoms with Gasteiger partial charge in [0.1, 0.15) is 117 Å². The van der Waals surface area contributed by atoms with Crippen LogP contribution in [0.15, 0.2) is 79.0 Å². The third-order valence-electron chi connectivity index (χ3n) is 20.9. The number of hydrogen-bond donors (Lipinski definition) is 11. The van der Waals surface area contributed by atoms with Crippen molar-refractivity contribution in [1.82, 2.24) is 87.2 Å². The van der Waals surface area contributed by atoms with Gasteiger partial charge < -0.3 is 121 Å². The molecular weight excluding hydrogens is 1910 g/mol. The molecule has 0 radical (unpaired) electrons. The van der Waals surface area contributed by atoms with Gasteiger partial charge in [0.2, 0.25) is 5.95 Å². The van der Waals surface area contributed by atoms with E-state index < -0.39 is 231 Å². The Morgan fingerprint density at radius 1 is 0.444 bits per heavy atom. The fourth-order valence-electron chi connectivity index (χ4n) is 14.7. The second kappa shape index (κ2) is 37.8. The van der Waals surface area contributed by atoms with E-state index in [1.807, 2.05) is 6.92 Å². The molecule has 9 aromatic heterocycles. The molecule has 6 fully saturated rings. The number of rotatable bonds is 35. The highest BCUT2D eigenvalue weighted by Gasteiger charge is 2.50. The summed E-state index contributed by atoms with van der Waals surface area (Å²) in [6.07, 6.45) is -13.1. The van der Waals surface area contributed by atoms with Crippen molar-refractivity contribution < 1.29 is 112 Å². The number of ether oxygens (including phenoxy) is 6. The predicted molar refractivity (Wildman–Crippen MR) is 454 cm³/mol. The second-order valence-electron chi connectivity index (χ2n) is 29.3. The summed E-state index contributed by atoms with van der Waals surface area (Å²) in [5, 5.41) is 0. The van der Waals surface area contributed by atoms with Crippen LogP contribution in [0.3, 0.4) is 0 Å². The van der Waals surface area contributed by atoms with Crippen LogP contribution >= 0.6 is 52.6 Å². The maximum atomic E-state index is 14.8. The van der Waals surface area contributed by atoms with Crippen LogP contribution < -0.4 is 66.5 Å². The number of hydrogen-bond acceptors (Lipinski definition) is 45. The zero-order valence-electron chi connectivity index (χ0n) is 66.1. The number of aryl methyl sites for hydroxylation is 3. The third kappa shape index (κ3) is 21.4. The Kier molecular flexibility index (Phi) is 28.3. The van der Waals surface area contributed by atoms with Gasteiger partial charge in [-0.05, 0) is 62.6 Å². The van der Waals surface area contributed by atoms with Gasteiger partial charge in [0, 0.05) is 80.9 Å². The zero-order chi connectivity index (χ0) is 90.2. The molecule has 6 aliphatic rings. The maximum Gasteiger partial charge on any atom is 0.386 e. The summed E-state index contributed by atoms with van der Waals surface area (Å²) in [4.78, 5) is 187. The molecule has 0 saturated carbocycles. The average molecular weight is 1990 g/mol. The van der Waals surface area contributed by atoms with E-state index in [-0.39, 0.29) is 82.5 Å². The van der Waals surface area contributed by atoms with Crippen molar-refractivity contribution in [2.45, 2.75) is 183 Å². The van der Waals surface area contributed by atoms with E-state index >= 15 is 0 Å². The molecule has 6 saturated heterocycles. The lowest BCUT2D eigenvalue weighted by molar-refractivity contribution is -0.219. The number of imidazole rings is 3. The fraction of sp³-hybridized carbons (Fsp3) is 0.565. The van der Waals surface area contributed by atoms with E-state index in [0.717, 1.165) is 20.8 Å². The molecular formula is C62H80N22O30P6S6-2. The minimum atomic E-state index is -4.98. The van der Waals surface area contributed by atoms with Gasteiger partial charge in [-0.3, -0.25) is 65.8 Å². The van der Waals surface area contributed by atoms with Crippen LogP contribution in [0.5, 0.6) is 0 Å². The minimum absolute atomic E-state index is 0.0112. The zero-order valence-corrected chi connectivity index (χ0v) is 76.4. The molecule has 0 aliphatic carbocycles. The van der Waals surface area contributed by atoms with E-state index in [1.165, 1.54) is 73.2 Å². The molecule has 0 bridgehead atoms. The van der Waals surface area contributed by atoms with Crippen LogP contribution in [0.25, 0.3) is 33.5 Å². The number of anilines is 4. The maximum absolute atomic E-state index is 14.8. The third-order valence-corrected chi connectivity index (χ3v) is 30.5. The molecule has 15 rings (SSSR count). The number of H-pyrrole nitrogens is 3. The standard InChI is InChI=1S/C62H82N22O30P6S6/c1-6-29-30(7-44(103-29)82-23-71-47-51(64)67-21-69-53(47)82)110-116(92,122)98-17-38-33(9-42(105-38)80-14-27(3)56(85)77-61(80)89)112-118(94,124)101-19-39-34(10-43(106-39)81-15-28(4)57(86)78-62(81)90)113-117(93,123)100-18-37-32(8-41(104-37)79-13-26(2)50(63)74-60(79)88)111-119(95,125)102-20-40-35(12-45(107-40)83-24-72-48-52(65)68-22-70-54(48)83)114-120(96,126)99-16-36-31(109-115(91,121)97-5)11-46(108-36)84-25-73-49-55(84)75-59(66)76-58(49)87/h13-15,21-25,29-46H,6-12,16-20H2,1-5H3,(H,91,121)(H,92,122)(H,93,123)(H,94,124)(H,95,125)(H,96,126)(H2,63,74,88)(H2,64,67,69)(H2,65,68,70)(H,77,85,89)(H,78,86,90)(H3,66,75,76,87)/p-2/t29-,30?,31?,32?,33?,34?,35?,36-,37-,38-,39-,40-,41-,42-,43-,44-,45-,46-,115?,116?,117?,118?,119?,120?/m1/s1. The smallest absolute Gasteiger partial charge is 0.386 e. The summed E-state index contributed by atoms with van der Waals surface area (Å²) in [6.45, 7) is -25.0. The molecule has 15 heterocycles. The van der Waals surface area contributed by atoms with E-state index in [2.05, 4.69) is 72.1 Å². The Balaban J connectivity index is 0.634. The highest BCUT2D eigenvalue weighted by molar-refractivity contribution is 8.44. The summed E-state index contributed by atoms with van der Waals surface area (Å²) < 4.78 is 131. The number of nitrogens with one attached hydrogen (secondary N) is 3. The Hall–Kier alpha value is -6.20. The van der Waals surface area contributed by atoms with Crippen LogP contribution in [0.2, 0.25) is 0 Å². The molecule has 126 heavy (non-hydrogen) atoms. The molecule has 0 aromatic carbocycles. The van der Waals surface area contributed by atoms with Crippen molar-refractivity contribution in [2.75, 3.05) is 63.1 Å². The van der Waals surface area contributed by atoms with E-state index in [4.69, 9.17) is 165 Å². The summed E-state index contributed by atoms with van der Waals surface area (Å²) in [6, 6.07) is 0. The SMILES string of the molecule is CC[C@H]1O[C@@H](n2cnc3c(N)ncnc32)CC1OP(O)(=S)OC[C@H]1O[C@@H](n2cc(C)c(=O)[nH]c2=O)CC1OP(=O)(S)OC[C@H]1O[C@@H](n2cc(C)c(=O)[nH]c2=O)CC1OP([O-])(=S)OC[C@H]1O[C@@H](n2cc(C)c(N)nc2=O)CC1OP([O-])(=S)OC[C@H]1O[C@@H](n2cnc3c(N)ncnc32)CC1OP(O)(=S)OC[C@H]1O[C@@H](n2cnc3c(=O)[nH]c(N)nc32)CC1OP(O)(=S)OC. The lowest BCUT2D eigenvalue weighted by Gasteiger charge is -2.35. The summed E-state index contributed by atoms with van der Waals surface area (Å²) in [5.41, 5.74) is 20.6. The molecule has 0 spiro atoms. The largest absolute Gasteiger partial charge is 0.780 e. The molecule has 52 nitrogen and oxygen atoms in total. The van der Waals surface area contributed by atoms with Gasteiger partial charge in [-0.15, -0.1) is 0 Å². The molecule has 24 atom stereocenters. The van der Waals surface area contributed by atoms with Crippen molar-refractivity contribution in [1.29, 1.82) is 0 Å². The Bertz CT molecular complexity index is 6330. The topological polar surface area (TPSA) is 689 Å². The Labute approximate surface area is 738 Å². The number of aromatic amines is 3. The number of fused-ring (bicyclic) bond motifs is 3. The van der Waals surface area contributed by atoms with Gasteiger partial charge in [-0.25, -0.2) is 53.8 Å². The molecule has 6 aliphatic heterocycles. The van der Waals surface area contributed by atoms with Crippen molar-refractivity contribution in [3.8, 4) is 0 Å². The molecule has 9 aromatic rings. The number of nitrogen functional groups attached to an aromatic ring is 4. The minimum Gasteiger partial charge on any atom is -0.780 e. The summed E-state index contributed by atoms with van der Waals surface area (Å²) in [5.74, 6) is -0.205. The first-order chi connectivity index (χ1) is 59.5. The number of thiol groups is 1. The molecule has 14 N–H and O–H groups in total. The Morgan fingerprint density at radius 2 is 0.802 bits per heavy atom. The van der Waals surface area contributed by atoms with Gasteiger partial charge >= 0.3 is 44.0 Å². The molecule has 64 heteroatoms. The fourth-order valence-corrected chi connectivity index (χ4v) is 23.1. The first-order valence-corrected chi connectivity index (χ1v) is 53.4. The van der Waals surface area contributed by atoms with Gasteiger partial charge in [-0.2, -0.15) is 9.97 Å². The number of nitrogens with two attached hydrogens (primary N) is 4. The normalized spacial score (nSPS) is 29.4. The highest BCUT2D eigenvalue weighted by atomic mass is 32.7. The van der Waals surface area contributed by atoms with Gasteiger partial charge in [-0.1, -0.05) is 42.8 Å². The van der Waals surface area contributed by atoms with Gasteiger partial charge in [0.25, 0.3) is 16.7 Å². The first-order valence-electron chi connectivity index (χ1n) is 37.8. The lowest BCUT2D eigenvalue weighted by Crippen LogP contribution is -2.34. The molecule has 12 unspecified atom stereocenters. The van der Waals surface area contributed by atoms with Crippen LogP contribution in [-0.4, -0.2) is 215 Å². The van der Waals surface area contributed by atoms with Crippen LogP contribution in [0.1, 0.15) is 106 Å². The Morgan fingerprint density at radius 3 is 1.24 bits per heavy atom. The quantitative estimate of drug-likeness (QED) is 0.0190. The van der Waals surface area contributed by atoms with Gasteiger partial charge in [0.15, 0.2) is 34.1 Å². The van der Waals surface area contributed by atoms with Crippen LogP contribution in [-0.2, 0) is 146 Å². The highest BCUT2D eigenvalue weighted by Crippen LogP contribution is 2.59. The first kappa shape index (κ1) is 94.4. The van der Waals surface area contributed by atoms with E-state index in [0.29, 0.717) is 23.1 Å². The van der Waals surface area contributed by atoms with Crippen molar-refractivity contribution in [2.24, 2.45) is 0 Å². The monoisotopic (exact) mass is 1990 g/mol. The van der Waals surface area contributed by atoms with Crippen molar-refractivity contribution in [3.63, 3.8) is 0 Å². The number of nitrogens with zero attached hydrogens (tertiary/aromatic N) is 15. The molecule has 0 amide bonds. The van der Waals surface area contributed by atoms with Crippen molar-refractivity contribution in [3.05, 3.63) is 129 Å². The number of aromatic nitrogens is 18. The van der Waals surface area contributed by atoms with E-state index in [9.17, 15) is 57.8 Å². The summed E-state index contributed by atoms with van der Waals surface area (Å²) >= 11 is 31.7.